The van der Waals surface area contributed by atoms with Gasteiger partial charge in [-0.25, -0.2) is 22.5 Å². The number of hydrogen-bond donors (Lipinski definition) is 4. The van der Waals surface area contributed by atoms with E-state index in [0.29, 0.717) is 18.9 Å². The second-order valence-electron chi connectivity index (χ2n) is 15.9. The second kappa shape index (κ2) is 16.8. The molecule has 24 heteroatoms. The third kappa shape index (κ3) is 9.44. The molecule has 13 nitrogen and oxygen atoms in total. The number of sulfonamides is 1. The highest BCUT2D eigenvalue weighted by Crippen LogP contribution is 2.68. The number of amides is 1. The van der Waals surface area contributed by atoms with E-state index < -0.39 is 145 Å². The standard InChI is InChI=1S/C40H36ClF9N8O5S/c1-38(2,63-3)9-8-21-14-30(60)58(27-7-6-25(41)32(33(27)52-16-28(44)45)36(51)56-64(61,62)22-4-5-22)37(53-21)26(12-18-10-19(42)13-20(43)11-18)54-29(59)17-57-35-31(34(55-57)40(48,49)50)23-15-24(23)39(35,46)47/h6-7,10-11,13-14,22-24,26,28,52H,4-5,12,15-17H2,1-3H3,(H2,51,56)(H,54,59)/p+1/t23-,24+,26-/m0/s1. The monoisotopic (exact) mass is 947 g/mol. The van der Waals surface area contributed by atoms with Gasteiger partial charge in [0, 0.05) is 37.1 Å². The Bertz CT molecular complexity index is 2800. The summed E-state index contributed by atoms with van der Waals surface area (Å²) in [5, 5.41) is 7.10. The van der Waals surface area contributed by atoms with Gasteiger partial charge in [-0.15, -0.1) is 0 Å². The maximum absolute atomic E-state index is 15.5. The summed E-state index contributed by atoms with van der Waals surface area (Å²) in [6, 6.07) is 3.56. The first-order chi connectivity index (χ1) is 29.8. The molecular formula is C40H37ClF9N8O5S+. The number of amidine groups is 1. The molecule has 3 atom stereocenters. The number of benzene rings is 2. The summed E-state index contributed by atoms with van der Waals surface area (Å²) < 4.78 is 165. The van der Waals surface area contributed by atoms with Gasteiger partial charge in [-0.2, -0.15) is 39.9 Å². The van der Waals surface area contributed by atoms with Gasteiger partial charge in [0.25, 0.3) is 23.7 Å². The first kappa shape index (κ1) is 46.4. The van der Waals surface area contributed by atoms with Crippen LogP contribution in [0.15, 0.2) is 41.2 Å². The van der Waals surface area contributed by atoms with Gasteiger partial charge >= 0.3 is 16.2 Å². The number of rotatable bonds is 14. The number of carbonyl (C=O) groups is 1. The molecule has 1 amide bonds. The summed E-state index contributed by atoms with van der Waals surface area (Å²) in [6.45, 7) is 0.717. The number of methoxy groups -OCH3 is 1. The minimum Gasteiger partial charge on any atom is -0.377 e. The number of ether oxygens (including phenoxy) is 1. The number of alkyl halides is 7. The molecule has 7 rings (SSSR count). The van der Waals surface area contributed by atoms with Crippen molar-refractivity contribution in [3.05, 3.63) is 103 Å². The first-order valence-corrected chi connectivity index (χ1v) is 21.3. The maximum Gasteiger partial charge on any atom is 0.435 e. The second-order valence-corrected chi connectivity index (χ2v) is 18.3. The number of carbonyl (C=O) groups excluding carboxylic acids is 1. The lowest BCUT2D eigenvalue weighted by atomic mass is 10.0. The van der Waals surface area contributed by atoms with Gasteiger partial charge in [-0.1, -0.05) is 17.5 Å². The summed E-state index contributed by atoms with van der Waals surface area (Å²) in [7, 11) is -2.78. The van der Waals surface area contributed by atoms with Crippen molar-refractivity contribution >= 4 is 39.1 Å². The van der Waals surface area contributed by atoms with Crippen molar-refractivity contribution in [2.24, 2.45) is 11.7 Å². The molecule has 0 aliphatic heterocycles. The minimum atomic E-state index is -5.17. The molecule has 0 radical (unpaired) electrons. The highest BCUT2D eigenvalue weighted by molar-refractivity contribution is 7.85. The lowest BCUT2D eigenvalue weighted by molar-refractivity contribution is -0.268. The Labute approximate surface area is 363 Å². The van der Waals surface area contributed by atoms with Gasteiger partial charge in [0.05, 0.1) is 34.2 Å². The maximum atomic E-state index is 15.5. The van der Waals surface area contributed by atoms with E-state index in [0.717, 1.165) is 34.9 Å². The van der Waals surface area contributed by atoms with Crippen molar-refractivity contribution in [2.45, 2.75) is 87.4 Å². The summed E-state index contributed by atoms with van der Waals surface area (Å²) >= 11 is 6.52. The Kier molecular flexibility index (Phi) is 12.1. The number of aromatic nitrogens is 4. The molecule has 0 bridgehead atoms. The number of halogens is 10. The molecule has 2 aromatic heterocycles. The number of nitrogens with two attached hydrogens (primary N) is 1. The van der Waals surface area contributed by atoms with Gasteiger partial charge in [0.15, 0.2) is 5.69 Å². The van der Waals surface area contributed by atoms with E-state index in [4.69, 9.17) is 22.1 Å². The van der Waals surface area contributed by atoms with Crippen LogP contribution in [0.5, 0.6) is 0 Å². The highest BCUT2D eigenvalue weighted by Gasteiger charge is 2.68. The number of nitrogens with zero attached hydrogens (tertiary/aromatic N) is 4. The molecule has 2 saturated carbocycles. The molecule has 64 heavy (non-hydrogen) atoms. The minimum absolute atomic E-state index is 0.202. The molecule has 0 unspecified atom stereocenters. The summed E-state index contributed by atoms with van der Waals surface area (Å²) in [5.41, 5.74) is -1.20. The largest absolute Gasteiger partial charge is 0.435 e. The van der Waals surface area contributed by atoms with E-state index in [9.17, 15) is 48.7 Å². The summed E-state index contributed by atoms with van der Waals surface area (Å²) in [5.74, 6) is -5.70. The van der Waals surface area contributed by atoms with Crippen molar-refractivity contribution in [1.29, 1.82) is 0 Å². The first-order valence-electron chi connectivity index (χ1n) is 19.3. The lowest BCUT2D eigenvalue weighted by Crippen LogP contribution is -2.80. The predicted octanol–water partition coefficient (Wildman–Crippen LogP) is 4.42. The Balaban J connectivity index is 1.44. The van der Waals surface area contributed by atoms with Crippen LogP contribution in [0.2, 0.25) is 5.02 Å². The van der Waals surface area contributed by atoms with Crippen LogP contribution < -0.4 is 26.3 Å². The fourth-order valence-electron chi connectivity index (χ4n) is 7.49. The van der Waals surface area contributed by atoms with E-state index >= 15 is 8.78 Å². The van der Waals surface area contributed by atoms with Gasteiger partial charge in [0.2, 0.25) is 5.91 Å². The Hall–Kier alpha value is -5.60. The van der Waals surface area contributed by atoms with Crippen molar-refractivity contribution in [3.63, 3.8) is 0 Å². The quantitative estimate of drug-likeness (QED) is 0.0617. The van der Waals surface area contributed by atoms with E-state index in [1.54, 1.807) is 13.8 Å². The van der Waals surface area contributed by atoms with Crippen molar-refractivity contribution < 1.29 is 61.9 Å². The van der Waals surface area contributed by atoms with Crippen LogP contribution in [0.25, 0.3) is 5.69 Å². The van der Waals surface area contributed by atoms with Crippen LogP contribution in [0.1, 0.15) is 84.7 Å². The average molecular weight is 948 g/mol. The number of anilines is 1. The van der Waals surface area contributed by atoms with E-state index in [2.05, 4.69) is 37.0 Å². The van der Waals surface area contributed by atoms with E-state index in [1.807, 2.05) is 0 Å². The normalized spacial score (nSPS) is 18.6. The van der Waals surface area contributed by atoms with Crippen molar-refractivity contribution in [1.82, 2.24) is 24.6 Å². The molecule has 0 spiro atoms. The van der Waals surface area contributed by atoms with Crippen LogP contribution in [-0.4, -0.2) is 70.4 Å². The van der Waals surface area contributed by atoms with Crippen LogP contribution in [0.4, 0.5) is 45.2 Å². The van der Waals surface area contributed by atoms with Crippen LogP contribution in [0.3, 0.4) is 0 Å². The SMILES string of the molecule is COC(C)(C)C#Cc1cc(=O)n(-c2ccc(Cl)c(C(N)=[NH+]S(=O)(=O)C3CC3)c2NCC(F)F)c([C@H](Cc2cc(F)cc(F)c2)NC(=O)Cn2nc(C(F)(F)F)c3c2C(F)(F)[C@@H]2C[C@H]32)n1. The molecule has 2 heterocycles. The average Bonchev–Trinajstić information content (AvgIpc) is 4.11. The summed E-state index contributed by atoms with van der Waals surface area (Å²) in [4.78, 5) is 32.9. The van der Waals surface area contributed by atoms with Crippen LogP contribution in [0, 0.1) is 29.4 Å². The smallest absolute Gasteiger partial charge is 0.377 e. The Morgan fingerprint density at radius 2 is 1.80 bits per heavy atom. The molecular weight excluding hydrogens is 911 g/mol. The van der Waals surface area contributed by atoms with Gasteiger partial charge in [0.1, 0.15) is 46.6 Å². The van der Waals surface area contributed by atoms with Gasteiger partial charge < -0.3 is 15.4 Å². The third-order valence-corrected chi connectivity index (χ3v) is 12.9. The third-order valence-electron chi connectivity index (χ3n) is 10.7. The molecule has 2 aromatic carbocycles. The Morgan fingerprint density at radius 3 is 2.41 bits per heavy atom. The molecule has 4 aromatic rings. The van der Waals surface area contributed by atoms with Crippen molar-refractivity contribution in [2.75, 3.05) is 19.0 Å². The number of fused-ring (bicyclic) bond motifs is 3. The van der Waals surface area contributed by atoms with Crippen molar-refractivity contribution in [3.8, 4) is 17.5 Å². The van der Waals surface area contributed by atoms with Gasteiger partial charge in [-0.3, -0.25) is 24.6 Å². The fourth-order valence-corrected chi connectivity index (χ4v) is 9.08. The van der Waals surface area contributed by atoms with E-state index in [1.165, 1.54) is 7.11 Å². The zero-order valence-electron chi connectivity index (χ0n) is 33.7. The molecule has 5 N–H and O–H groups in total. The highest BCUT2D eigenvalue weighted by atomic mass is 35.5. The number of nitrogen functional groups attached to an aromatic ring is 1. The Morgan fingerprint density at radius 1 is 1.12 bits per heavy atom. The van der Waals surface area contributed by atoms with Crippen LogP contribution >= 0.6 is 11.6 Å². The molecule has 3 aliphatic carbocycles. The molecule has 342 valence electrons. The predicted molar refractivity (Wildman–Crippen MR) is 211 cm³/mol. The topological polar surface area (TPSA) is 177 Å². The number of hydrogen-bond acceptors (Lipinski definition) is 8. The molecule has 0 saturated heterocycles. The van der Waals surface area contributed by atoms with Crippen LogP contribution in [-0.2, 0) is 44.6 Å². The summed E-state index contributed by atoms with van der Waals surface area (Å²) in [6.07, 6.45) is -8.55. The van der Waals surface area contributed by atoms with E-state index in [-0.39, 0.29) is 27.4 Å². The zero-order chi connectivity index (χ0) is 46.8. The molecule has 2 fully saturated rings. The fraction of sp³-hybridized carbons (Fsp3) is 0.425. The zero-order valence-corrected chi connectivity index (χ0v) is 35.3. The van der Waals surface area contributed by atoms with Gasteiger partial charge in [-0.05, 0) is 74.8 Å². The number of nitrogens with one attached hydrogen (secondary N) is 3. The molecule has 3 aliphatic rings. The lowest BCUT2D eigenvalue weighted by Gasteiger charge is -2.25.